The molecule has 142 valence electrons. The first-order valence-electron chi connectivity index (χ1n) is 9.05. The summed E-state index contributed by atoms with van der Waals surface area (Å²) in [5.41, 5.74) is 4.35. The zero-order chi connectivity index (χ0) is 19.8. The lowest BCUT2D eigenvalue weighted by Crippen LogP contribution is -2.12. The Labute approximate surface area is 165 Å². The van der Waals surface area contributed by atoms with E-state index in [1.165, 1.54) is 6.26 Å². The van der Waals surface area contributed by atoms with E-state index in [9.17, 15) is 4.79 Å². The monoisotopic (exact) mass is 384 g/mol. The van der Waals surface area contributed by atoms with Gasteiger partial charge in [-0.05, 0) is 36.8 Å². The number of anilines is 1. The number of pyridine rings is 1. The predicted molar refractivity (Wildman–Crippen MR) is 108 cm³/mol. The number of nitrogens with zero attached hydrogens (tertiary/aromatic N) is 3. The maximum atomic E-state index is 12.7. The Morgan fingerprint density at radius 3 is 2.79 bits per heavy atom. The molecule has 0 aliphatic carbocycles. The fourth-order valence-corrected chi connectivity index (χ4v) is 3.20. The Morgan fingerprint density at radius 2 is 1.97 bits per heavy atom. The van der Waals surface area contributed by atoms with Crippen molar-refractivity contribution in [2.24, 2.45) is 0 Å². The molecule has 7 nitrogen and oxygen atoms in total. The highest BCUT2D eigenvalue weighted by Crippen LogP contribution is 2.29. The lowest BCUT2D eigenvalue weighted by Gasteiger charge is -2.07. The van der Waals surface area contributed by atoms with Gasteiger partial charge in [-0.15, -0.1) is 0 Å². The van der Waals surface area contributed by atoms with Crippen LogP contribution in [0.5, 0.6) is 0 Å². The van der Waals surface area contributed by atoms with Crippen LogP contribution in [0.1, 0.15) is 16.1 Å². The molecule has 0 saturated heterocycles. The Balaban J connectivity index is 1.46. The van der Waals surface area contributed by atoms with E-state index < -0.39 is 0 Å². The minimum absolute atomic E-state index is 0.164. The highest BCUT2D eigenvalue weighted by atomic mass is 16.5. The third-order valence-electron chi connectivity index (χ3n) is 4.64. The highest BCUT2D eigenvalue weighted by Gasteiger charge is 2.17. The molecular formula is C22H16N4O3. The van der Waals surface area contributed by atoms with Crippen LogP contribution in [0.3, 0.4) is 0 Å². The van der Waals surface area contributed by atoms with Crippen molar-refractivity contribution >= 4 is 17.2 Å². The average Bonchev–Trinajstić information content (AvgIpc) is 3.48. The Bertz CT molecular complexity index is 1320. The van der Waals surface area contributed by atoms with Crippen molar-refractivity contribution in [2.75, 3.05) is 5.32 Å². The van der Waals surface area contributed by atoms with Crippen molar-refractivity contribution in [3.63, 3.8) is 0 Å². The third kappa shape index (κ3) is 3.08. The number of para-hydroxylation sites is 1. The van der Waals surface area contributed by atoms with Gasteiger partial charge in [-0.25, -0.2) is 4.98 Å². The van der Waals surface area contributed by atoms with E-state index in [1.807, 2.05) is 60.1 Å². The van der Waals surface area contributed by atoms with Gasteiger partial charge in [0.1, 0.15) is 5.65 Å². The van der Waals surface area contributed by atoms with Crippen LogP contribution in [0.4, 0.5) is 5.69 Å². The van der Waals surface area contributed by atoms with Crippen molar-refractivity contribution in [3.8, 4) is 22.8 Å². The lowest BCUT2D eigenvalue weighted by atomic mass is 10.1. The van der Waals surface area contributed by atoms with Crippen molar-refractivity contribution < 1.29 is 13.7 Å². The first-order valence-corrected chi connectivity index (χ1v) is 9.05. The summed E-state index contributed by atoms with van der Waals surface area (Å²) in [4.78, 5) is 17.4. The molecule has 0 bridgehead atoms. The van der Waals surface area contributed by atoms with E-state index in [-0.39, 0.29) is 11.6 Å². The Morgan fingerprint density at radius 1 is 1.07 bits per heavy atom. The molecule has 0 unspecified atom stereocenters. The summed E-state index contributed by atoms with van der Waals surface area (Å²) in [7, 11) is 0. The van der Waals surface area contributed by atoms with E-state index in [2.05, 4.69) is 10.5 Å². The fraction of sp³-hybridized carbons (Fsp3) is 0.0455. The number of carbonyl (C=O) groups is 1. The summed E-state index contributed by atoms with van der Waals surface area (Å²) in [6, 6.07) is 16.5. The van der Waals surface area contributed by atoms with Crippen LogP contribution in [0.25, 0.3) is 28.4 Å². The first-order chi connectivity index (χ1) is 14.2. The summed E-state index contributed by atoms with van der Waals surface area (Å²) in [5.74, 6) is 0.528. The minimum Gasteiger partial charge on any atom is -0.461 e. The molecule has 29 heavy (non-hydrogen) atoms. The van der Waals surface area contributed by atoms with E-state index >= 15 is 0 Å². The summed E-state index contributed by atoms with van der Waals surface area (Å²) in [6.45, 7) is 2.01. The van der Waals surface area contributed by atoms with Gasteiger partial charge in [0, 0.05) is 24.0 Å². The average molecular weight is 384 g/mol. The number of aromatic nitrogens is 3. The fourth-order valence-electron chi connectivity index (χ4n) is 3.20. The summed E-state index contributed by atoms with van der Waals surface area (Å²) >= 11 is 0. The second-order valence-corrected chi connectivity index (χ2v) is 6.60. The standard InChI is InChI=1S/C22H16N4O3/c1-14-6-4-10-26-13-18(23-21(14)26)15-7-2-3-8-16(15)24-22(27)17-12-20(29-25-17)19-9-5-11-28-19/h2-13H,1H3,(H,24,27). The topological polar surface area (TPSA) is 85.6 Å². The van der Waals surface area contributed by atoms with Crippen molar-refractivity contribution in [3.05, 3.63) is 84.5 Å². The molecular weight excluding hydrogens is 368 g/mol. The van der Waals surface area contributed by atoms with Crippen molar-refractivity contribution in [1.82, 2.24) is 14.5 Å². The normalized spacial score (nSPS) is 11.1. The van der Waals surface area contributed by atoms with Crippen LogP contribution >= 0.6 is 0 Å². The molecule has 0 aliphatic heterocycles. The SMILES string of the molecule is Cc1cccn2cc(-c3ccccc3NC(=O)c3cc(-c4ccco4)on3)nc12. The van der Waals surface area contributed by atoms with Gasteiger partial charge in [-0.1, -0.05) is 29.4 Å². The van der Waals surface area contributed by atoms with E-state index in [0.717, 1.165) is 22.5 Å². The number of aryl methyl sites for hydroxylation is 1. The molecule has 4 heterocycles. The summed E-state index contributed by atoms with van der Waals surface area (Å²) in [5, 5.41) is 6.75. The number of nitrogens with one attached hydrogen (secondary N) is 1. The van der Waals surface area contributed by atoms with E-state index in [1.54, 1.807) is 18.2 Å². The number of imidazole rings is 1. The van der Waals surface area contributed by atoms with Crippen LogP contribution in [0.15, 0.2) is 82.2 Å². The van der Waals surface area contributed by atoms with Gasteiger partial charge in [0.05, 0.1) is 17.6 Å². The van der Waals surface area contributed by atoms with Crippen LogP contribution in [-0.2, 0) is 0 Å². The second-order valence-electron chi connectivity index (χ2n) is 6.60. The van der Waals surface area contributed by atoms with Crippen LogP contribution in [0.2, 0.25) is 0 Å². The van der Waals surface area contributed by atoms with Gasteiger partial charge in [0.25, 0.3) is 5.91 Å². The van der Waals surface area contributed by atoms with E-state index in [4.69, 9.17) is 13.9 Å². The van der Waals surface area contributed by atoms with Crippen molar-refractivity contribution in [1.29, 1.82) is 0 Å². The van der Waals surface area contributed by atoms with Crippen LogP contribution < -0.4 is 5.32 Å². The number of hydrogen-bond acceptors (Lipinski definition) is 5. The van der Waals surface area contributed by atoms with E-state index in [0.29, 0.717) is 17.2 Å². The number of carbonyl (C=O) groups excluding carboxylic acids is 1. The van der Waals surface area contributed by atoms with Crippen LogP contribution in [-0.4, -0.2) is 20.4 Å². The van der Waals surface area contributed by atoms with Gasteiger partial charge in [0.2, 0.25) is 5.76 Å². The maximum absolute atomic E-state index is 12.7. The third-order valence-corrected chi connectivity index (χ3v) is 4.64. The number of hydrogen-bond donors (Lipinski definition) is 1. The molecule has 7 heteroatoms. The first kappa shape index (κ1) is 17.0. The molecule has 0 fully saturated rings. The zero-order valence-corrected chi connectivity index (χ0v) is 15.5. The largest absolute Gasteiger partial charge is 0.461 e. The molecule has 1 amide bonds. The lowest BCUT2D eigenvalue weighted by molar-refractivity contribution is 0.101. The second kappa shape index (κ2) is 6.79. The van der Waals surface area contributed by atoms with Gasteiger partial charge < -0.3 is 18.7 Å². The smallest absolute Gasteiger partial charge is 0.277 e. The molecule has 5 aromatic rings. The maximum Gasteiger partial charge on any atom is 0.277 e. The molecule has 0 spiro atoms. The van der Waals surface area contributed by atoms with Gasteiger partial charge >= 0.3 is 0 Å². The molecule has 0 saturated carbocycles. The Hall–Kier alpha value is -4.13. The number of rotatable bonds is 4. The molecule has 0 atom stereocenters. The Kier molecular flexibility index (Phi) is 3.98. The van der Waals surface area contributed by atoms with Crippen LogP contribution in [0, 0.1) is 6.92 Å². The number of furan rings is 1. The summed E-state index contributed by atoms with van der Waals surface area (Å²) in [6.07, 6.45) is 5.43. The summed E-state index contributed by atoms with van der Waals surface area (Å²) < 4.78 is 12.5. The number of benzene rings is 1. The quantitative estimate of drug-likeness (QED) is 0.481. The molecule has 1 aromatic carbocycles. The molecule has 0 aliphatic rings. The highest BCUT2D eigenvalue weighted by molar-refractivity contribution is 6.05. The number of fused-ring (bicyclic) bond motifs is 1. The molecule has 4 aromatic heterocycles. The predicted octanol–water partition coefficient (Wildman–Crippen LogP) is 4.81. The molecule has 0 radical (unpaired) electrons. The minimum atomic E-state index is -0.376. The van der Waals surface area contributed by atoms with Gasteiger partial charge in [-0.2, -0.15) is 0 Å². The molecule has 1 N–H and O–H groups in total. The van der Waals surface area contributed by atoms with Crippen molar-refractivity contribution in [2.45, 2.75) is 6.92 Å². The zero-order valence-electron chi connectivity index (χ0n) is 15.5. The number of amides is 1. The molecule has 5 rings (SSSR count). The van der Waals surface area contributed by atoms with Gasteiger partial charge in [0.15, 0.2) is 11.5 Å². The van der Waals surface area contributed by atoms with Gasteiger partial charge in [-0.3, -0.25) is 4.79 Å².